The van der Waals surface area contributed by atoms with Crippen LogP contribution in [0.4, 0.5) is 5.69 Å². The summed E-state index contributed by atoms with van der Waals surface area (Å²) in [6, 6.07) is 13.7. The van der Waals surface area contributed by atoms with Crippen molar-refractivity contribution in [3.8, 4) is 0 Å². The Morgan fingerprint density at radius 2 is 1.74 bits per heavy atom. The first-order valence-electron chi connectivity index (χ1n) is 13.9. The molecule has 2 aliphatic heterocycles. The molecule has 0 radical (unpaired) electrons. The van der Waals surface area contributed by atoms with Crippen molar-refractivity contribution in [1.29, 1.82) is 0 Å². The van der Waals surface area contributed by atoms with E-state index in [2.05, 4.69) is 15.5 Å². The van der Waals surface area contributed by atoms with Crippen molar-refractivity contribution in [3.63, 3.8) is 0 Å². The molecule has 1 fully saturated rings. The van der Waals surface area contributed by atoms with Gasteiger partial charge in [-0.1, -0.05) is 61.5 Å². The van der Waals surface area contributed by atoms with E-state index >= 15 is 0 Å². The number of carbonyl (C=O) groups excluding carboxylic acids is 3. The summed E-state index contributed by atoms with van der Waals surface area (Å²) in [5.74, 6) is -3.15. The number of hydrogen-bond acceptors (Lipinski definition) is 8. The molecule has 0 spiro atoms. The fraction of sp³-hybridized carbons (Fsp3) is 0.400. The first kappa shape index (κ1) is 30.4. The number of piperidine rings is 1. The summed E-state index contributed by atoms with van der Waals surface area (Å²) in [5.41, 5.74) is 8.33. The number of hydrogen-bond donors (Lipinski definition) is 4. The van der Waals surface area contributed by atoms with E-state index in [1.54, 1.807) is 36.1 Å². The Balaban J connectivity index is 1.28. The molecule has 4 rings (SSSR count). The Hall–Kier alpha value is -4.58. The summed E-state index contributed by atoms with van der Waals surface area (Å²) in [6.07, 6.45) is -0.630. The fourth-order valence-electron chi connectivity index (χ4n) is 5.29. The molecule has 3 unspecified atom stereocenters. The van der Waals surface area contributed by atoms with Crippen LogP contribution in [0.15, 0.2) is 58.7 Å². The number of carboxylic acid groups (broad SMARTS) is 1. The summed E-state index contributed by atoms with van der Waals surface area (Å²) in [6.45, 7) is 4.29. The number of carbonyl (C=O) groups is 4. The maximum Gasteiger partial charge on any atom is 0.354 e. The number of nitrogens with zero attached hydrogens (tertiary/aromatic N) is 3. The minimum atomic E-state index is -1.56. The van der Waals surface area contributed by atoms with Gasteiger partial charge in [0.2, 0.25) is 12.1 Å². The zero-order chi connectivity index (χ0) is 30.4. The van der Waals surface area contributed by atoms with Crippen LogP contribution in [0.5, 0.6) is 0 Å². The highest BCUT2D eigenvalue weighted by Crippen LogP contribution is 2.37. The number of ether oxygens (including phenoxy) is 1. The number of amides is 2. The lowest BCUT2D eigenvalue weighted by molar-refractivity contribution is -0.162. The SMILES string of the molecule is CCC1C(C(=O)NC(OC2CCN(C(=O)C(C)CC(=O)c3ccc(/C(N)=N/O)cc3)CC2)C(=O)O)=Nc2ccccc21. The Morgan fingerprint density at radius 1 is 1.10 bits per heavy atom. The molecule has 12 heteroatoms. The first-order chi connectivity index (χ1) is 20.1. The van der Waals surface area contributed by atoms with Crippen LogP contribution in [-0.2, 0) is 19.1 Å². The minimum absolute atomic E-state index is 0.0117. The third-order valence-electron chi connectivity index (χ3n) is 7.62. The number of carboxylic acids is 1. The molecule has 0 bridgehead atoms. The summed E-state index contributed by atoms with van der Waals surface area (Å²) < 4.78 is 5.76. The van der Waals surface area contributed by atoms with Gasteiger partial charge in [0.15, 0.2) is 11.6 Å². The fourth-order valence-corrected chi connectivity index (χ4v) is 5.29. The van der Waals surface area contributed by atoms with Crippen LogP contribution in [0.3, 0.4) is 0 Å². The zero-order valence-corrected chi connectivity index (χ0v) is 23.5. The number of nitrogens with one attached hydrogen (secondary N) is 1. The molecule has 0 aromatic heterocycles. The monoisotopic (exact) mass is 577 g/mol. The van der Waals surface area contributed by atoms with Gasteiger partial charge in [0, 0.05) is 42.5 Å². The summed E-state index contributed by atoms with van der Waals surface area (Å²) in [5, 5.41) is 23.9. The predicted octanol–water partition coefficient (Wildman–Crippen LogP) is 2.80. The molecular formula is C30H35N5O7. The molecule has 5 N–H and O–H groups in total. The van der Waals surface area contributed by atoms with Crippen molar-refractivity contribution in [3.05, 3.63) is 65.2 Å². The van der Waals surface area contributed by atoms with Gasteiger partial charge in [-0.15, -0.1) is 0 Å². The third-order valence-corrected chi connectivity index (χ3v) is 7.62. The Kier molecular flexibility index (Phi) is 9.68. The van der Waals surface area contributed by atoms with Crippen LogP contribution in [0.25, 0.3) is 0 Å². The Bertz CT molecular complexity index is 1400. The molecule has 42 heavy (non-hydrogen) atoms. The van der Waals surface area contributed by atoms with Crippen LogP contribution in [0, 0.1) is 5.92 Å². The molecule has 2 aromatic carbocycles. The van der Waals surface area contributed by atoms with Crippen LogP contribution < -0.4 is 11.1 Å². The van der Waals surface area contributed by atoms with Gasteiger partial charge in [0.25, 0.3) is 5.91 Å². The van der Waals surface area contributed by atoms with E-state index in [0.717, 1.165) is 5.56 Å². The summed E-state index contributed by atoms with van der Waals surface area (Å²) >= 11 is 0. The number of para-hydroxylation sites is 1. The maximum atomic E-state index is 13.0. The van der Waals surface area contributed by atoms with Crippen molar-refractivity contribution >= 4 is 40.8 Å². The molecular weight excluding hydrogens is 542 g/mol. The standard InChI is InChI=1S/C30H35N5O7/c1-3-21-22-6-4-5-7-23(22)32-25(21)27(37)33-28(30(39)40)42-20-12-14-35(15-13-20)29(38)17(2)16-24(36)18-8-10-19(11-9-18)26(31)34-41/h4-11,17,20-21,28,41H,3,12-16H2,1-2H3,(H2,31,34)(H,33,37)(H,39,40). The zero-order valence-electron chi connectivity index (χ0n) is 23.5. The number of oxime groups is 1. The number of nitrogens with two attached hydrogens (primary N) is 1. The quantitative estimate of drug-likeness (QED) is 0.0784. The smallest absolute Gasteiger partial charge is 0.354 e. The topological polar surface area (TPSA) is 184 Å². The maximum absolute atomic E-state index is 13.0. The lowest BCUT2D eigenvalue weighted by atomic mass is 9.93. The van der Waals surface area contributed by atoms with Gasteiger partial charge in [-0.2, -0.15) is 0 Å². The second-order valence-electron chi connectivity index (χ2n) is 10.5. The van der Waals surface area contributed by atoms with Crippen molar-refractivity contribution in [2.24, 2.45) is 21.8 Å². The lowest BCUT2D eigenvalue weighted by Gasteiger charge is -2.34. The molecule has 2 aliphatic rings. The normalized spacial score (nSPS) is 18.5. The first-order valence-corrected chi connectivity index (χ1v) is 13.9. The number of rotatable bonds is 11. The molecule has 3 atom stereocenters. The van der Waals surface area contributed by atoms with Gasteiger partial charge in [-0.3, -0.25) is 14.4 Å². The van der Waals surface area contributed by atoms with Gasteiger partial charge in [0.1, 0.15) is 5.71 Å². The van der Waals surface area contributed by atoms with E-state index < -0.39 is 30.1 Å². The Labute approximate surface area is 243 Å². The molecule has 0 aliphatic carbocycles. The van der Waals surface area contributed by atoms with Crippen LogP contribution in [-0.4, -0.2) is 75.7 Å². The molecule has 2 heterocycles. The summed E-state index contributed by atoms with van der Waals surface area (Å²) in [4.78, 5) is 56.8. The van der Waals surface area contributed by atoms with Gasteiger partial charge in [-0.25, -0.2) is 9.79 Å². The highest BCUT2D eigenvalue weighted by molar-refractivity contribution is 6.42. The predicted molar refractivity (Wildman–Crippen MR) is 154 cm³/mol. The van der Waals surface area contributed by atoms with E-state index in [0.29, 0.717) is 49.2 Å². The van der Waals surface area contributed by atoms with Crippen LogP contribution in [0.1, 0.15) is 66.9 Å². The number of ketones is 1. The second-order valence-corrected chi connectivity index (χ2v) is 10.5. The number of aliphatic imine (C=N–C) groups is 1. The lowest BCUT2D eigenvalue weighted by Crippen LogP contribution is -2.50. The highest BCUT2D eigenvalue weighted by Gasteiger charge is 2.35. The molecule has 2 aromatic rings. The van der Waals surface area contributed by atoms with E-state index in [1.165, 1.54) is 0 Å². The van der Waals surface area contributed by atoms with Crippen LogP contribution in [0.2, 0.25) is 0 Å². The van der Waals surface area contributed by atoms with Gasteiger partial charge in [-0.05, 0) is 30.9 Å². The highest BCUT2D eigenvalue weighted by atomic mass is 16.5. The van der Waals surface area contributed by atoms with Crippen molar-refractivity contribution in [2.45, 2.75) is 57.8 Å². The van der Waals surface area contributed by atoms with E-state index in [1.807, 2.05) is 31.2 Å². The van der Waals surface area contributed by atoms with Gasteiger partial charge < -0.3 is 31.0 Å². The van der Waals surface area contributed by atoms with Crippen molar-refractivity contribution in [1.82, 2.24) is 10.2 Å². The largest absolute Gasteiger partial charge is 0.478 e. The van der Waals surface area contributed by atoms with E-state index in [-0.39, 0.29) is 35.6 Å². The second kappa shape index (κ2) is 13.4. The minimum Gasteiger partial charge on any atom is -0.478 e. The average Bonchev–Trinajstić information content (AvgIpc) is 3.39. The number of Topliss-reactive ketones (excluding diaryl/α,β-unsaturated/α-hetero) is 1. The van der Waals surface area contributed by atoms with Crippen LogP contribution >= 0.6 is 0 Å². The van der Waals surface area contributed by atoms with E-state index in [4.69, 9.17) is 15.7 Å². The van der Waals surface area contributed by atoms with Gasteiger partial charge in [0.05, 0.1) is 11.8 Å². The molecule has 0 saturated carbocycles. The number of benzene rings is 2. The molecule has 1 saturated heterocycles. The third kappa shape index (κ3) is 6.82. The van der Waals surface area contributed by atoms with Crippen molar-refractivity contribution in [2.75, 3.05) is 13.1 Å². The number of aliphatic carboxylic acids is 1. The molecule has 12 nitrogen and oxygen atoms in total. The van der Waals surface area contributed by atoms with Crippen molar-refractivity contribution < 1.29 is 34.2 Å². The Morgan fingerprint density at radius 3 is 2.36 bits per heavy atom. The van der Waals surface area contributed by atoms with Gasteiger partial charge >= 0.3 is 5.97 Å². The number of fused-ring (bicyclic) bond motifs is 1. The number of amidine groups is 1. The molecule has 222 valence electrons. The summed E-state index contributed by atoms with van der Waals surface area (Å²) in [7, 11) is 0. The molecule has 2 amide bonds. The number of likely N-dealkylation sites (tertiary alicyclic amines) is 1. The average molecular weight is 578 g/mol. The van der Waals surface area contributed by atoms with E-state index in [9.17, 15) is 24.3 Å².